The second-order valence-corrected chi connectivity index (χ2v) is 53.9. The van der Waals surface area contributed by atoms with Crippen LogP contribution in [0.25, 0.3) is 0 Å². The summed E-state index contributed by atoms with van der Waals surface area (Å²) in [4.78, 5) is 65.1. The molecule has 12 N–H and O–H groups in total. The predicted molar refractivity (Wildman–Crippen MR) is 474 cm³/mol. The molecule has 30 nitrogen and oxygen atoms in total. The number of halogens is 1. The molecule has 2 aromatic rings. The summed E-state index contributed by atoms with van der Waals surface area (Å²) in [5.41, 5.74) is 16.6. The van der Waals surface area contributed by atoms with Gasteiger partial charge in [0.25, 0.3) is 5.91 Å². The molecule has 0 spiro atoms. The Morgan fingerprint density at radius 3 is 1.39 bits per heavy atom. The summed E-state index contributed by atoms with van der Waals surface area (Å²) in [7, 11) is -9.36. The number of aliphatic hydroxyl groups excluding tert-OH is 2. The van der Waals surface area contributed by atoms with Gasteiger partial charge in [0, 0.05) is 57.0 Å². The van der Waals surface area contributed by atoms with E-state index in [-0.39, 0.29) is 112 Å². The molecule has 10 fully saturated rings. The van der Waals surface area contributed by atoms with Crippen molar-refractivity contribution in [3.8, 4) is 12.1 Å². The second-order valence-electron chi connectivity index (χ2n) is 38.4. The molecule has 12 rings (SSSR count). The molecule has 5 amide bonds. The molecule has 10 aliphatic rings. The Hall–Kier alpha value is -4.30. The normalized spacial score (nSPS) is 21.0. The van der Waals surface area contributed by atoms with Crippen molar-refractivity contribution >= 4 is 88.3 Å². The number of rotatable bonds is 27. The number of fused-ring (bicyclic) bond motifs is 4. The molecule has 4 saturated heterocycles. The fourth-order valence-corrected chi connectivity index (χ4v) is 14.8. The van der Waals surface area contributed by atoms with E-state index >= 15 is 0 Å². The Kier molecular flexibility index (Phi) is 50.5. The molecule has 5 heterocycles. The molecule has 36 heteroatoms. The van der Waals surface area contributed by atoms with Crippen LogP contribution < -0.4 is 39.7 Å². The number of nitrogens with one attached hydrogen (secondary N) is 1. The third-order valence-corrected chi connectivity index (χ3v) is 38.3. The van der Waals surface area contributed by atoms with E-state index in [2.05, 4.69) is 148 Å². The zero-order valence-corrected chi connectivity index (χ0v) is 83.2. The predicted octanol–water partition coefficient (Wildman–Crippen LogP) is 12.9. The number of urea groups is 2. The second kappa shape index (κ2) is 51.5. The number of carboxylic acids is 2. The van der Waals surface area contributed by atoms with Gasteiger partial charge in [-0.05, 0) is 204 Å². The summed E-state index contributed by atoms with van der Waals surface area (Å²) in [5, 5.41) is 59.9. The van der Waals surface area contributed by atoms with Gasteiger partial charge in [-0.25, -0.2) is 15.4 Å². The monoisotopic (exact) mass is 1840 g/mol. The SMILES string of the molecule is C.CC.CC(C)(C)[Si](C)(C)OCCC#N.CC(C)(C)[Si](C)(C)OCCC1(N)CC1.CC1(CC(=O)O)CC1.CC1(CC(=O)O)CC1.CC1(CCO)CC1.CC1(CCO[Si](C)(C)C(C)(C)C)CC1.N#CCCO.NC1(Cc2nnc([C@@H]3CC[C@@H]4CN3C(=O)N4OS(=O)(=O)O)o2)CC1.NNC(=O)[C@@H]1CC[C@@H]2CN1C(=O)N2OCc1ccccc1.[Br-].[CH2-]C.[Mg+2]. The maximum Gasteiger partial charge on any atom is 2.00 e. The summed E-state index contributed by atoms with van der Waals surface area (Å²) in [6.07, 6.45) is 21.7. The van der Waals surface area contributed by atoms with Gasteiger partial charge in [0.1, 0.15) is 18.7 Å². The van der Waals surface area contributed by atoms with E-state index < -0.39 is 71.4 Å². The van der Waals surface area contributed by atoms with Crippen LogP contribution >= 0.6 is 0 Å². The van der Waals surface area contributed by atoms with Crippen molar-refractivity contribution in [3.05, 3.63) is 54.6 Å². The molecule has 6 saturated carbocycles. The van der Waals surface area contributed by atoms with Crippen LogP contribution in [0.1, 0.15) is 289 Å². The van der Waals surface area contributed by atoms with Crippen LogP contribution in [0.2, 0.25) is 54.4 Å². The molecule has 0 unspecified atom stereocenters. The molecule has 120 heavy (non-hydrogen) atoms. The summed E-state index contributed by atoms with van der Waals surface area (Å²) in [6.45, 7) is 55.5. The zero-order chi connectivity index (χ0) is 89.7. The van der Waals surface area contributed by atoms with Gasteiger partial charge in [-0.15, -0.1) is 14.5 Å². The van der Waals surface area contributed by atoms with Crippen molar-refractivity contribution in [1.82, 2.24) is 35.5 Å². The maximum absolute atomic E-state index is 12.3. The first kappa shape index (κ1) is 118. The molecule has 4 atom stereocenters. The number of carbonyl (C=O) groups excluding carboxylic acids is 3. The fourth-order valence-electron chi connectivity index (χ4n) is 11.3. The number of nitriles is 2. The van der Waals surface area contributed by atoms with Crippen molar-refractivity contribution < 1.29 is 101 Å². The van der Waals surface area contributed by atoms with Crippen molar-refractivity contribution in [2.24, 2.45) is 39.0 Å². The van der Waals surface area contributed by atoms with Crippen LogP contribution in [0.15, 0.2) is 34.7 Å². The minimum absolute atomic E-state index is 0. The number of hydrogen-bond donors (Lipinski definition) is 9. The number of carboxylic acid groups (broad SMARTS) is 2. The van der Waals surface area contributed by atoms with Crippen molar-refractivity contribution in [3.63, 3.8) is 0 Å². The van der Waals surface area contributed by atoms with Gasteiger partial charge in [0.15, 0.2) is 25.0 Å². The van der Waals surface area contributed by atoms with Crippen LogP contribution in [0.5, 0.6) is 0 Å². The molecular formula is C84H157BrMgN12O18SSi3. The zero-order valence-electron chi connectivity index (χ0n) is 76.4. The van der Waals surface area contributed by atoms with Gasteiger partial charge < -0.3 is 83.3 Å². The minimum atomic E-state index is -4.76. The third kappa shape index (κ3) is 43.3. The minimum Gasteiger partial charge on any atom is -1.00 e. The average molecular weight is 1840 g/mol. The molecule has 4 bridgehead atoms. The topological polar surface area (TPSA) is 456 Å². The standard InChI is InChI=1S/C14H18N4O3.C12H17N5O6S.C12H26OSi.C11H25NOSi.C9H19NOSi.2C6H10O2.C6H12O.C3H5NO.C2H6.C2H5.CH4.BrH.Mg/c15-16-13(19)12-7-6-11-8-17(12)14(20)18(11)21-9-10-4-2-1-3-5-10;13-12(3-4-12)5-9-14-15-10(22-9)8-2-1-7-6-16(8)11(18)17(7)23-24(19,20)21;1-11(2,3)14(5,6)13-10-9-12(4)7-8-12;1-10(2,3)14(4,5)13-9-8-11(12)6-7-11;1-9(2,3)12(4,5)11-8-6-7-10;2*1-6(2-3-6)4-5(7)8;1-6(2-3-6)4-5-7;4-2-1-3-5;2*1-2;;;/h1-5,11-12H,6-9,15H2,(H,16,19);7-8H,1-6,13H2,(H,19,20,21);7-10H2,1-6H3;6-9,12H2,1-5H3;6,8H2,1-5H3;2*2-4H2,1H3,(H,7,8);7H,2-5H2,1H3;5H,1,3H2;1-2H3;1H2,2H3;1H4;1H;/q;;;;;;;;;;-1;;;+2/p-1/t11-,12+;7-,8+;;;;;;;;;;;;/m11............/s1. The Balaban J connectivity index is 0. The van der Waals surface area contributed by atoms with Crippen LogP contribution in [-0.2, 0) is 60.2 Å². The number of amides is 5. The molecule has 6 aliphatic carbocycles. The number of aliphatic carboxylic acids is 2. The van der Waals surface area contributed by atoms with Crippen molar-refractivity contribution in [1.29, 1.82) is 10.5 Å². The molecule has 0 radical (unpaired) electrons. The number of hydroxylamine groups is 4. The van der Waals surface area contributed by atoms with Crippen LogP contribution in [0, 0.1) is 51.2 Å². The number of carbonyl (C=O) groups is 5. The number of hydrogen-bond acceptors (Lipinski definition) is 22. The van der Waals surface area contributed by atoms with E-state index in [1.54, 1.807) is 13.0 Å². The van der Waals surface area contributed by atoms with E-state index in [1.165, 1.54) is 59.8 Å². The van der Waals surface area contributed by atoms with E-state index in [1.807, 2.05) is 58.0 Å². The first-order valence-corrected chi connectivity index (χ1v) is 52.1. The van der Waals surface area contributed by atoms with Crippen molar-refractivity contribution in [2.75, 3.05) is 46.1 Å². The van der Waals surface area contributed by atoms with Gasteiger partial charge in [0.05, 0.1) is 56.5 Å². The Bertz CT molecular complexity index is 3500. The summed E-state index contributed by atoms with van der Waals surface area (Å²) >= 11 is 0. The number of nitrogens with zero attached hydrogens (tertiary/aromatic N) is 8. The summed E-state index contributed by atoms with van der Waals surface area (Å²) in [5.74, 6) is 4.25. The quantitative estimate of drug-likeness (QED) is 0.00763. The number of piperidine rings is 2. The third-order valence-electron chi connectivity index (χ3n) is 24.4. The summed E-state index contributed by atoms with van der Waals surface area (Å²) in [6, 6.07) is 11.2. The maximum atomic E-state index is 12.3. The average Bonchev–Trinajstić information content (AvgIpc) is 1.62. The molecule has 4 aliphatic heterocycles. The Morgan fingerprint density at radius 1 is 0.617 bits per heavy atom. The van der Waals surface area contributed by atoms with E-state index in [9.17, 15) is 32.4 Å². The van der Waals surface area contributed by atoms with E-state index in [0.717, 1.165) is 76.6 Å². The van der Waals surface area contributed by atoms with Crippen LogP contribution in [0.3, 0.4) is 0 Å². The number of nitrogens with two attached hydrogens (primary N) is 3. The van der Waals surface area contributed by atoms with Gasteiger partial charge in [-0.2, -0.15) is 36.0 Å². The van der Waals surface area contributed by atoms with E-state index in [4.69, 9.17) is 75.3 Å². The Morgan fingerprint density at radius 2 is 1.02 bits per heavy atom. The fraction of sp³-hybridized carbons (Fsp3) is 0.810. The molecule has 1 aromatic heterocycles. The largest absolute Gasteiger partial charge is 2.00 e. The number of hydrazine groups is 1. The number of benzene rings is 1. The number of aromatic nitrogens is 2. The molecule has 688 valence electrons. The Labute approximate surface area is 750 Å². The number of aliphatic hydroxyl groups is 2. The van der Waals surface area contributed by atoms with Crippen molar-refractivity contribution in [2.45, 2.75) is 369 Å². The van der Waals surface area contributed by atoms with Gasteiger partial charge >= 0.3 is 57.5 Å². The molecule has 1 aromatic carbocycles. The first-order valence-electron chi connectivity index (χ1n) is 42.0. The smallest absolute Gasteiger partial charge is 1.00 e. The van der Waals surface area contributed by atoms with Crippen LogP contribution in [0.4, 0.5) is 9.59 Å². The van der Waals surface area contributed by atoms with Gasteiger partial charge in [-0.1, -0.05) is 142 Å². The van der Waals surface area contributed by atoms with Gasteiger partial charge in [0.2, 0.25) is 11.8 Å². The first-order chi connectivity index (χ1) is 54.0. The van der Waals surface area contributed by atoms with Crippen LogP contribution in [-0.4, -0.2) is 217 Å². The summed E-state index contributed by atoms with van der Waals surface area (Å²) < 4.78 is 58.6. The molecular weight excluding hydrogens is 1690 g/mol. The van der Waals surface area contributed by atoms with E-state index in [0.29, 0.717) is 109 Å². The van der Waals surface area contributed by atoms with Gasteiger partial charge in [-0.3, -0.25) is 29.2 Å².